The highest BCUT2D eigenvalue weighted by Crippen LogP contribution is 2.28. The Hall–Kier alpha value is -0.900. The predicted octanol–water partition coefficient (Wildman–Crippen LogP) is 2.96. The summed E-state index contributed by atoms with van der Waals surface area (Å²) in [5.41, 5.74) is 0.266. The maximum Gasteiger partial charge on any atom is 0.233 e. The van der Waals surface area contributed by atoms with Gasteiger partial charge in [0.05, 0.1) is 6.04 Å². The number of rotatable bonds is 5. The molecule has 0 radical (unpaired) electrons. The van der Waals surface area contributed by atoms with Crippen LogP contribution in [0.25, 0.3) is 0 Å². The Labute approximate surface area is 104 Å². The summed E-state index contributed by atoms with van der Waals surface area (Å²) < 4.78 is 5.71. The molecule has 1 heterocycles. The van der Waals surface area contributed by atoms with Crippen LogP contribution in [0.4, 0.5) is 0 Å². The van der Waals surface area contributed by atoms with Crippen molar-refractivity contribution in [1.29, 1.82) is 0 Å². The molecule has 98 valence electrons. The molecule has 0 fully saturated rings. The van der Waals surface area contributed by atoms with Gasteiger partial charge < -0.3 is 9.73 Å². The number of aromatic nitrogens is 2. The lowest BCUT2D eigenvalue weighted by Gasteiger charge is -2.25. The molecule has 17 heavy (non-hydrogen) atoms. The van der Waals surface area contributed by atoms with Gasteiger partial charge in [-0.15, -0.1) is 10.2 Å². The van der Waals surface area contributed by atoms with Gasteiger partial charge in [0.15, 0.2) is 0 Å². The first-order chi connectivity index (χ1) is 7.88. The summed E-state index contributed by atoms with van der Waals surface area (Å²) in [7, 11) is 1.91. The second-order valence-electron chi connectivity index (χ2n) is 5.75. The fraction of sp³-hybridized carbons (Fsp3) is 0.846. The van der Waals surface area contributed by atoms with Crippen LogP contribution >= 0.6 is 0 Å². The zero-order valence-electron chi connectivity index (χ0n) is 11.9. The van der Waals surface area contributed by atoms with Gasteiger partial charge in [-0.3, -0.25) is 0 Å². The summed E-state index contributed by atoms with van der Waals surface area (Å²) in [6, 6.07) is 0.168. The Balaban J connectivity index is 2.69. The van der Waals surface area contributed by atoms with Gasteiger partial charge in [-0.05, 0) is 24.8 Å². The number of hydrogen-bond acceptors (Lipinski definition) is 4. The van der Waals surface area contributed by atoms with E-state index < -0.39 is 0 Å². The normalized spacial score (nSPS) is 15.9. The zero-order chi connectivity index (χ0) is 13.1. The molecule has 0 bridgehead atoms. The molecule has 0 saturated heterocycles. The average molecular weight is 239 g/mol. The molecule has 0 amide bonds. The molecule has 4 nitrogen and oxygen atoms in total. The van der Waals surface area contributed by atoms with Crippen molar-refractivity contribution in [3.05, 3.63) is 11.8 Å². The summed E-state index contributed by atoms with van der Waals surface area (Å²) in [6.45, 7) is 11.0. The third-order valence-electron chi connectivity index (χ3n) is 3.50. The largest absolute Gasteiger partial charge is 0.424 e. The quantitative estimate of drug-likeness (QED) is 0.858. The van der Waals surface area contributed by atoms with Crippen LogP contribution in [0.1, 0.15) is 58.9 Å². The molecule has 1 rings (SSSR count). The molecule has 1 aromatic heterocycles. The van der Waals surface area contributed by atoms with Crippen LogP contribution in [-0.4, -0.2) is 17.2 Å². The first-order valence-corrected chi connectivity index (χ1v) is 6.38. The standard InChI is InChI=1S/C13H25N3O/c1-7-10(14-6)12-16-15-11(17-12)8-9(2)13(3,4)5/h9-10,14H,7-8H2,1-6H3. The third kappa shape index (κ3) is 3.80. The molecule has 0 aromatic carbocycles. The van der Waals surface area contributed by atoms with E-state index in [4.69, 9.17) is 4.42 Å². The van der Waals surface area contributed by atoms with Gasteiger partial charge in [-0.1, -0.05) is 34.6 Å². The van der Waals surface area contributed by atoms with E-state index in [9.17, 15) is 0 Å². The Kier molecular flexibility index (Phi) is 4.69. The smallest absolute Gasteiger partial charge is 0.233 e. The fourth-order valence-corrected chi connectivity index (χ4v) is 1.56. The average Bonchev–Trinajstić information content (AvgIpc) is 2.67. The fourth-order valence-electron chi connectivity index (χ4n) is 1.56. The highest BCUT2D eigenvalue weighted by atomic mass is 16.4. The number of nitrogens with one attached hydrogen (secondary N) is 1. The minimum atomic E-state index is 0.168. The maximum absolute atomic E-state index is 5.71. The first-order valence-electron chi connectivity index (χ1n) is 6.38. The van der Waals surface area contributed by atoms with Crippen molar-refractivity contribution >= 4 is 0 Å². The van der Waals surface area contributed by atoms with Crippen LogP contribution in [0, 0.1) is 11.3 Å². The molecule has 1 N–H and O–H groups in total. The summed E-state index contributed by atoms with van der Waals surface area (Å²) in [4.78, 5) is 0. The number of nitrogens with zero attached hydrogens (tertiary/aromatic N) is 2. The summed E-state index contributed by atoms with van der Waals surface area (Å²) >= 11 is 0. The van der Waals surface area contributed by atoms with Crippen LogP contribution in [0.2, 0.25) is 0 Å². The highest BCUT2D eigenvalue weighted by molar-refractivity contribution is 4.91. The van der Waals surface area contributed by atoms with Crippen molar-refractivity contribution in [1.82, 2.24) is 15.5 Å². The van der Waals surface area contributed by atoms with Crippen LogP contribution < -0.4 is 5.32 Å². The monoisotopic (exact) mass is 239 g/mol. The lowest BCUT2D eigenvalue weighted by atomic mass is 9.80. The van der Waals surface area contributed by atoms with E-state index in [2.05, 4.69) is 50.1 Å². The Bertz CT molecular complexity index is 337. The topological polar surface area (TPSA) is 51.0 Å². The Morgan fingerprint density at radius 1 is 1.29 bits per heavy atom. The van der Waals surface area contributed by atoms with Gasteiger partial charge in [0.1, 0.15) is 0 Å². The van der Waals surface area contributed by atoms with E-state index in [-0.39, 0.29) is 11.5 Å². The van der Waals surface area contributed by atoms with Crippen LogP contribution in [0.5, 0.6) is 0 Å². The molecule has 0 aliphatic heterocycles. The van der Waals surface area contributed by atoms with E-state index in [1.165, 1.54) is 0 Å². The minimum absolute atomic E-state index is 0.168. The highest BCUT2D eigenvalue weighted by Gasteiger charge is 2.23. The zero-order valence-corrected chi connectivity index (χ0v) is 11.9. The van der Waals surface area contributed by atoms with Gasteiger partial charge >= 0.3 is 0 Å². The first kappa shape index (κ1) is 14.2. The molecule has 4 heteroatoms. The van der Waals surface area contributed by atoms with Crippen LogP contribution in [0.3, 0.4) is 0 Å². The second-order valence-corrected chi connectivity index (χ2v) is 5.75. The molecule has 2 atom stereocenters. The summed E-state index contributed by atoms with van der Waals surface area (Å²) in [5.74, 6) is 1.97. The molecule has 0 spiro atoms. The summed E-state index contributed by atoms with van der Waals surface area (Å²) in [6.07, 6.45) is 1.80. The third-order valence-corrected chi connectivity index (χ3v) is 3.50. The van der Waals surface area contributed by atoms with Crippen molar-refractivity contribution in [3.8, 4) is 0 Å². The Morgan fingerprint density at radius 2 is 1.94 bits per heavy atom. The van der Waals surface area contributed by atoms with E-state index in [1.54, 1.807) is 0 Å². The minimum Gasteiger partial charge on any atom is -0.424 e. The van der Waals surface area contributed by atoms with Gasteiger partial charge in [0.25, 0.3) is 0 Å². The SMILES string of the molecule is CCC(NC)c1nnc(CC(C)C(C)(C)C)o1. The van der Waals surface area contributed by atoms with Gasteiger partial charge in [-0.2, -0.15) is 0 Å². The molecule has 0 saturated carbocycles. The van der Waals surface area contributed by atoms with Crippen molar-refractivity contribution in [2.75, 3.05) is 7.05 Å². The van der Waals surface area contributed by atoms with Crippen molar-refractivity contribution in [3.63, 3.8) is 0 Å². The van der Waals surface area contributed by atoms with Crippen LogP contribution in [0.15, 0.2) is 4.42 Å². The van der Waals surface area contributed by atoms with Crippen molar-refractivity contribution in [2.45, 2.75) is 53.5 Å². The van der Waals surface area contributed by atoms with E-state index in [0.29, 0.717) is 11.8 Å². The molecule has 1 aromatic rings. The van der Waals surface area contributed by atoms with E-state index in [1.807, 2.05) is 7.05 Å². The second kappa shape index (κ2) is 5.63. The lowest BCUT2D eigenvalue weighted by molar-refractivity contribution is 0.241. The molecule has 0 aliphatic carbocycles. The van der Waals surface area contributed by atoms with Crippen molar-refractivity contribution < 1.29 is 4.42 Å². The lowest BCUT2D eigenvalue weighted by Crippen LogP contribution is -2.19. The van der Waals surface area contributed by atoms with E-state index in [0.717, 1.165) is 18.7 Å². The van der Waals surface area contributed by atoms with Crippen molar-refractivity contribution in [2.24, 2.45) is 11.3 Å². The predicted molar refractivity (Wildman–Crippen MR) is 68.7 cm³/mol. The molecular formula is C13H25N3O. The van der Waals surface area contributed by atoms with Crippen LogP contribution in [-0.2, 0) is 6.42 Å². The summed E-state index contributed by atoms with van der Waals surface area (Å²) in [5, 5.41) is 11.4. The molecular weight excluding hydrogens is 214 g/mol. The molecule has 2 unspecified atom stereocenters. The van der Waals surface area contributed by atoms with Gasteiger partial charge in [0, 0.05) is 6.42 Å². The van der Waals surface area contributed by atoms with Gasteiger partial charge in [-0.25, -0.2) is 0 Å². The molecule has 0 aliphatic rings. The van der Waals surface area contributed by atoms with Gasteiger partial charge in [0.2, 0.25) is 11.8 Å². The van der Waals surface area contributed by atoms with E-state index >= 15 is 0 Å². The number of hydrogen-bond donors (Lipinski definition) is 1. The maximum atomic E-state index is 5.71. The Morgan fingerprint density at radius 3 is 2.41 bits per heavy atom.